The molecule has 6 nitrogen and oxygen atoms in total. The van der Waals surface area contributed by atoms with Gasteiger partial charge >= 0.3 is 5.97 Å². The Hall–Kier alpha value is -0.960. The summed E-state index contributed by atoms with van der Waals surface area (Å²) < 4.78 is 25.9. The molecule has 2 N–H and O–H groups in total. The number of aliphatic hydroxyl groups is 1. The average Bonchev–Trinajstić information content (AvgIpc) is 2.82. The second-order valence-corrected chi connectivity index (χ2v) is 7.92. The van der Waals surface area contributed by atoms with Gasteiger partial charge in [-0.1, -0.05) is 0 Å². The van der Waals surface area contributed by atoms with Crippen LogP contribution in [0, 0.1) is 13.8 Å². The Morgan fingerprint density at radius 1 is 1.47 bits per heavy atom. The maximum absolute atomic E-state index is 12.5. The van der Waals surface area contributed by atoms with Crippen molar-refractivity contribution >= 4 is 27.3 Å². The van der Waals surface area contributed by atoms with Crippen molar-refractivity contribution in [3.8, 4) is 0 Å². The van der Waals surface area contributed by atoms with Crippen LogP contribution in [0.4, 0.5) is 0 Å². The van der Waals surface area contributed by atoms with Crippen LogP contribution in [-0.2, 0) is 14.8 Å². The van der Waals surface area contributed by atoms with Crippen molar-refractivity contribution in [3.63, 3.8) is 0 Å². The highest BCUT2D eigenvalue weighted by molar-refractivity contribution is 7.89. The quantitative estimate of drug-likeness (QED) is 0.851. The Morgan fingerprint density at radius 2 is 2.11 bits per heavy atom. The zero-order valence-corrected chi connectivity index (χ0v) is 12.2. The highest BCUT2D eigenvalue weighted by Gasteiger charge is 2.44. The number of hydrogen-bond acceptors (Lipinski definition) is 5. The lowest BCUT2D eigenvalue weighted by atomic mass is 10.2. The summed E-state index contributed by atoms with van der Waals surface area (Å²) in [5.74, 6) is -1.23. The van der Waals surface area contributed by atoms with E-state index in [0.29, 0.717) is 4.88 Å². The van der Waals surface area contributed by atoms with E-state index in [1.54, 1.807) is 19.9 Å². The standard InChI is InChI=1S/C11H15NO5S2/c1-6-3-10(7(2)18-6)19(16,17)12-5-8(13)4-9(12)11(14)15/h3,8-9,13H,4-5H2,1-2H3,(H,14,15)/t8?,9-/m1/s1. The van der Waals surface area contributed by atoms with Crippen molar-refractivity contribution < 1.29 is 23.4 Å². The number of aryl methyl sites for hydroxylation is 2. The third-order valence-corrected chi connectivity index (χ3v) is 6.20. The van der Waals surface area contributed by atoms with Gasteiger partial charge < -0.3 is 10.2 Å². The van der Waals surface area contributed by atoms with E-state index >= 15 is 0 Å². The molecular formula is C11H15NO5S2. The summed E-state index contributed by atoms with van der Waals surface area (Å²) in [5, 5.41) is 18.6. The van der Waals surface area contributed by atoms with Gasteiger partial charge in [0, 0.05) is 22.7 Å². The van der Waals surface area contributed by atoms with E-state index in [-0.39, 0.29) is 17.9 Å². The number of thiophene rings is 1. The molecule has 0 amide bonds. The first kappa shape index (κ1) is 14.4. The number of sulfonamides is 1. The van der Waals surface area contributed by atoms with E-state index in [2.05, 4.69) is 0 Å². The maximum Gasteiger partial charge on any atom is 0.322 e. The van der Waals surface area contributed by atoms with Gasteiger partial charge in [-0.25, -0.2) is 8.42 Å². The summed E-state index contributed by atoms with van der Waals surface area (Å²) in [5.41, 5.74) is 0. The van der Waals surface area contributed by atoms with Crippen LogP contribution in [0.2, 0.25) is 0 Å². The van der Waals surface area contributed by atoms with Crippen LogP contribution < -0.4 is 0 Å². The van der Waals surface area contributed by atoms with Crippen LogP contribution in [0.25, 0.3) is 0 Å². The fourth-order valence-corrected chi connectivity index (χ4v) is 5.42. The molecule has 0 spiro atoms. The number of aliphatic hydroxyl groups excluding tert-OH is 1. The molecule has 8 heteroatoms. The third kappa shape index (κ3) is 2.53. The van der Waals surface area contributed by atoms with Crippen molar-refractivity contribution in [2.24, 2.45) is 0 Å². The van der Waals surface area contributed by atoms with Crippen LogP contribution in [0.15, 0.2) is 11.0 Å². The lowest BCUT2D eigenvalue weighted by molar-refractivity contribution is -0.140. The number of hydrogen-bond donors (Lipinski definition) is 2. The lowest BCUT2D eigenvalue weighted by Gasteiger charge is -2.20. The minimum Gasteiger partial charge on any atom is -0.480 e. The summed E-state index contributed by atoms with van der Waals surface area (Å²) in [6.07, 6.45) is -1.01. The van der Waals surface area contributed by atoms with Gasteiger partial charge in [0.2, 0.25) is 10.0 Å². The minimum atomic E-state index is -3.87. The van der Waals surface area contributed by atoms with E-state index in [1.807, 2.05) is 0 Å². The maximum atomic E-state index is 12.5. The van der Waals surface area contributed by atoms with Gasteiger partial charge in [-0.05, 0) is 19.9 Å². The molecule has 1 fully saturated rings. The second kappa shape index (κ2) is 4.86. The molecule has 0 saturated carbocycles. The number of aliphatic carboxylic acids is 1. The predicted molar refractivity (Wildman–Crippen MR) is 69.7 cm³/mol. The molecule has 1 unspecified atom stereocenters. The largest absolute Gasteiger partial charge is 0.480 e. The van der Waals surface area contributed by atoms with E-state index < -0.39 is 28.1 Å². The zero-order chi connectivity index (χ0) is 14.4. The molecule has 2 rings (SSSR count). The molecular weight excluding hydrogens is 290 g/mol. The Bertz CT molecular complexity index is 607. The first-order valence-corrected chi connectivity index (χ1v) is 7.99. The average molecular weight is 305 g/mol. The zero-order valence-electron chi connectivity index (χ0n) is 10.5. The monoisotopic (exact) mass is 305 g/mol. The Labute approximate surface area is 115 Å². The molecule has 1 aromatic heterocycles. The SMILES string of the molecule is Cc1cc(S(=O)(=O)N2CC(O)C[C@@H]2C(=O)O)c(C)s1. The number of carbonyl (C=O) groups is 1. The van der Waals surface area contributed by atoms with E-state index in [4.69, 9.17) is 5.11 Å². The first-order valence-electron chi connectivity index (χ1n) is 5.73. The third-order valence-electron chi connectivity index (χ3n) is 3.10. The van der Waals surface area contributed by atoms with Crippen molar-refractivity contribution in [3.05, 3.63) is 15.8 Å². The van der Waals surface area contributed by atoms with E-state index in [1.165, 1.54) is 11.3 Å². The van der Waals surface area contributed by atoms with Crippen molar-refractivity contribution in [2.75, 3.05) is 6.54 Å². The van der Waals surface area contributed by atoms with Gasteiger partial charge in [-0.3, -0.25) is 4.79 Å². The van der Waals surface area contributed by atoms with Gasteiger partial charge in [0.05, 0.1) is 11.0 Å². The molecule has 19 heavy (non-hydrogen) atoms. The highest BCUT2D eigenvalue weighted by Crippen LogP contribution is 2.32. The minimum absolute atomic E-state index is 0.0727. The Balaban J connectivity index is 2.44. The van der Waals surface area contributed by atoms with Crippen LogP contribution in [0.5, 0.6) is 0 Å². The first-order chi connectivity index (χ1) is 8.73. The highest BCUT2D eigenvalue weighted by atomic mass is 32.2. The number of nitrogens with zero attached hydrogens (tertiary/aromatic N) is 1. The molecule has 0 aliphatic carbocycles. The normalized spacial score (nSPS) is 24.8. The molecule has 106 valence electrons. The smallest absolute Gasteiger partial charge is 0.322 e. The Kier molecular flexibility index (Phi) is 3.69. The van der Waals surface area contributed by atoms with Crippen LogP contribution in [-0.4, -0.2) is 47.6 Å². The van der Waals surface area contributed by atoms with Crippen LogP contribution >= 0.6 is 11.3 Å². The van der Waals surface area contributed by atoms with Gasteiger partial charge in [-0.2, -0.15) is 4.31 Å². The van der Waals surface area contributed by atoms with Gasteiger partial charge in [0.15, 0.2) is 0 Å². The molecule has 1 aliphatic heterocycles. The molecule has 0 bridgehead atoms. The number of rotatable bonds is 3. The van der Waals surface area contributed by atoms with Gasteiger partial charge in [0.1, 0.15) is 6.04 Å². The molecule has 1 saturated heterocycles. The lowest BCUT2D eigenvalue weighted by Crippen LogP contribution is -2.40. The number of carboxylic acids is 1. The second-order valence-electron chi connectivity index (χ2n) is 4.60. The summed E-state index contributed by atoms with van der Waals surface area (Å²) in [7, 11) is -3.87. The fourth-order valence-electron chi connectivity index (χ4n) is 2.26. The van der Waals surface area contributed by atoms with Crippen LogP contribution in [0.3, 0.4) is 0 Å². The van der Waals surface area contributed by atoms with E-state index in [0.717, 1.165) is 9.18 Å². The van der Waals surface area contributed by atoms with Crippen molar-refractivity contribution in [1.82, 2.24) is 4.31 Å². The van der Waals surface area contributed by atoms with Crippen molar-refractivity contribution in [2.45, 2.75) is 37.3 Å². The number of β-amino-alcohol motifs (C(OH)–C–C–N with tert-alkyl or cyclic N) is 1. The summed E-state index contributed by atoms with van der Waals surface area (Å²) in [6.45, 7) is 3.31. The predicted octanol–water partition coefficient (Wildman–Crippen LogP) is 0.573. The van der Waals surface area contributed by atoms with Gasteiger partial charge in [-0.15, -0.1) is 11.3 Å². The summed E-state index contributed by atoms with van der Waals surface area (Å²) in [4.78, 5) is 12.7. The van der Waals surface area contributed by atoms with E-state index in [9.17, 15) is 18.3 Å². The number of carboxylic acid groups (broad SMARTS) is 1. The summed E-state index contributed by atoms with van der Waals surface area (Å²) in [6, 6.07) is 0.346. The molecule has 2 atom stereocenters. The fraction of sp³-hybridized carbons (Fsp3) is 0.545. The van der Waals surface area contributed by atoms with Crippen LogP contribution in [0.1, 0.15) is 16.2 Å². The van der Waals surface area contributed by atoms with Crippen molar-refractivity contribution in [1.29, 1.82) is 0 Å². The topological polar surface area (TPSA) is 94.9 Å². The molecule has 0 aromatic carbocycles. The summed E-state index contributed by atoms with van der Waals surface area (Å²) >= 11 is 1.35. The Morgan fingerprint density at radius 3 is 2.58 bits per heavy atom. The molecule has 1 aliphatic rings. The molecule has 1 aromatic rings. The molecule has 0 radical (unpaired) electrons. The van der Waals surface area contributed by atoms with Gasteiger partial charge in [0.25, 0.3) is 0 Å². The molecule has 2 heterocycles.